The first-order valence-electron chi connectivity index (χ1n) is 11.7. The molecule has 0 aliphatic carbocycles. The summed E-state index contributed by atoms with van der Waals surface area (Å²) in [6, 6.07) is -0.790. The molecule has 0 amide bonds. The van der Waals surface area contributed by atoms with Crippen LogP contribution < -0.4 is 22.1 Å². The number of aliphatic hydroxyl groups excluding tert-OH is 2. The second kappa shape index (κ2) is 10.3. The van der Waals surface area contributed by atoms with Gasteiger partial charge in [0.2, 0.25) is 0 Å². The van der Waals surface area contributed by atoms with Crippen LogP contribution in [0.25, 0.3) is 11.2 Å². The number of nitrogens with one attached hydrogen (secondary N) is 2. The molecule has 2 aliphatic rings. The Hall–Kier alpha value is -3.02. The molecule has 5 heterocycles. The number of aryl methyl sites for hydroxylation is 1. The van der Waals surface area contributed by atoms with Crippen LogP contribution in [0.4, 0.5) is 5.82 Å². The largest absolute Gasteiger partial charge is 0.403 e. The highest BCUT2D eigenvalue weighted by molar-refractivity contribution is 7.50. The number of hydrogen-bond donors (Lipinski definition) is 6. The van der Waals surface area contributed by atoms with Crippen LogP contribution in [0.2, 0.25) is 0 Å². The first kappa shape index (κ1) is 26.6. The van der Waals surface area contributed by atoms with Gasteiger partial charge < -0.3 is 30.3 Å². The van der Waals surface area contributed by atoms with Crippen LogP contribution in [0.15, 0.2) is 28.4 Å². The van der Waals surface area contributed by atoms with Crippen LogP contribution in [0, 0.1) is 6.92 Å². The molecule has 2 aliphatic heterocycles. The third-order valence-electron chi connectivity index (χ3n) is 6.52. The SMILES string of the molecule is Cc1cn([C@H]2C[C@H](O)[C@@H](COP(=O)(O)N[C@H]3C[C@H](n4cnc5c(N)ncnc54)O[C@@H]3CO)O2)c(=O)[nH]c1=O. The van der Waals surface area contributed by atoms with E-state index < -0.39 is 69.0 Å². The van der Waals surface area contributed by atoms with Crippen molar-refractivity contribution < 1.29 is 33.7 Å². The fourth-order valence-electron chi connectivity index (χ4n) is 4.54. The van der Waals surface area contributed by atoms with E-state index in [0.29, 0.717) is 11.2 Å². The lowest BCUT2D eigenvalue weighted by molar-refractivity contribution is -0.0434. The van der Waals surface area contributed by atoms with E-state index in [1.807, 2.05) is 0 Å². The van der Waals surface area contributed by atoms with E-state index >= 15 is 0 Å². The summed E-state index contributed by atoms with van der Waals surface area (Å²) in [4.78, 5) is 48.6. The smallest absolute Gasteiger partial charge is 0.394 e. The summed E-state index contributed by atoms with van der Waals surface area (Å²) in [6.45, 7) is 0.597. The first-order valence-corrected chi connectivity index (χ1v) is 13.2. The molecule has 18 heteroatoms. The number of ether oxygens (including phenoxy) is 2. The van der Waals surface area contributed by atoms with Crippen molar-refractivity contribution in [3.05, 3.63) is 45.3 Å². The van der Waals surface area contributed by atoms with Crippen LogP contribution in [0.5, 0.6) is 0 Å². The van der Waals surface area contributed by atoms with Crippen LogP contribution >= 0.6 is 7.75 Å². The molecule has 5 rings (SSSR count). The van der Waals surface area contributed by atoms with Crippen molar-refractivity contribution in [2.24, 2.45) is 0 Å². The minimum absolute atomic E-state index is 0.000237. The molecule has 1 unspecified atom stereocenters. The number of anilines is 1. The number of nitrogens with zero attached hydrogens (tertiary/aromatic N) is 5. The zero-order chi connectivity index (χ0) is 27.2. The molecule has 0 bridgehead atoms. The highest BCUT2D eigenvalue weighted by Gasteiger charge is 2.42. The molecule has 0 saturated carbocycles. The topological polar surface area (TPSA) is 242 Å². The zero-order valence-electron chi connectivity index (χ0n) is 20.1. The van der Waals surface area contributed by atoms with Gasteiger partial charge in [-0.15, -0.1) is 0 Å². The maximum Gasteiger partial charge on any atom is 0.403 e. The van der Waals surface area contributed by atoms with Gasteiger partial charge in [0.25, 0.3) is 5.56 Å². The lowest BCUT2D eigenvalue weighted by Gasteiger charge is -2.23. The molecule has 0 aromatic carbocycles. The monoisotopic (exact) mass is 554 g/mol. The van der Waals surface area contributed by atoms with Crippen molar-refractivity contribution in [3.8, 4) is 0 Å². The van der Waals surface area contributed by atoms with Gasteiger partial charge in [-0.05, 0) is 6.92 Å². The number of rotatable bonds is 8. The summed E-state index contributed by atoms with van der Waals surface area (Å²) in [5.41, 5.74) is 5.64. The maximum atomic E-state index is 12.8. The Morgan fingerprint density at radius 1 is 1.21 bits per heavy atom. The second-order valence-electron chi connectivity index (χ2n) is 9.09. The number of H-pyrrole nitrogens is 1. The normalized spacial score (nSPS) is 29.2. The van der Waals surface area contributed by atoms with E-state index in [1.54, 1.807) is 4.57 Å². The highest BCUT2D eigenvalue weighted by Crippen LogP contribution is 2.43. The molecule has 206 valence electrons. The van der Waals surface area contributed by atoms with Crippen molar-refractivity contribution >= 4 is 24.7 Å². The highest BCUT2D eigenvalue weighted by atomic mass is 31.2. The number of aliphatic hydroxyl groups is 2. The average molecular weight is 554 g/mol. The van der Waals surface area contributed by atoms with E-state index in [9.17, 15) is 29.3 Å². The Labute approximate surface area is 213 Å². The average Bonchev–Trinajstić information content (AvgIpc) is 3.57. The molecular weight excluding hydrogens is 527 g/mol. The van der Waals surface area contributed by atoms with Crippen LogP contribution in [-0.2, 0) is 18.6 Å². The zero-order valence-corrected chi connectivity index (χ0v) is 21.0. The third-order valence-corrected chi connectivity index (χ3v) is 7.67. The van der Waals surface area contributed by atoms with Crippen LogP contribution in [0.1, 0.15) is 30.9 Å². The van der Waals surface area contributed by atoms with Gasteiger partial charge in [0.1, 0.15) is 30.4 Å². The summed E-state index contributed by atoms with van der Waals surface area (Å²) >= 11 is 0. The molecule has 17 nitrogen and oxygen atoms in total. The maximum absolute atomic E-state index is 12.8. The van der Waals surface area contributed by atoms with Gasteiger partial charge in [-0.1, -0.05) is 0 Å². The summed E-state index contributed by atoms with van der Waals surface area (Å²) in [5.74, 6) is 0.188. The predicted molar refractivity (Wildman–Crippen MR) is 129 cm³/mol. The molecule has 3 aromatic heterocycles. The lowest BCUT2D eigenvalue weighted by atomic mass is 10.1. The van der Waals surface area contributed by atoms with E-state index in [2.05, 4.69) is 25.0 Å². The van der Waals surface area contributed by atoms with Gasteiger partial charge in [-0.25, -0.2) is 29.4 Å². The molecule has 2 saturated heterocycles. The second-order valence-corrected chi connectivity index (χ2v) is 10.7. The minimum atomic E-state index is -4.46. The number of aromatic nitrogens is 6. The molecule has 0 radical (unpaired) electrons. The first-order chi connectivity index (χ1) is 18.1. The summed E-state index contributed by atoms with van der Waals surface area (Å²) in [7, 11) is -4.46. The van der Waals surface area contributed by atoms with Crippen molar-refractivity contribution in [1.29, 1.82) is 0 Å². The van der Waals surface area contributed by atoms with Crippen molar-refractivity contribution in [2.45, 2.75) is 56.6 Å². The number of nitrogens with two attached hydrogens (primary N) is 1. The third kappa shape index (κ3) is 5.14. The van der Waals surface area contributed by atoms with E-state index in [-0.39, 0.29) is 24.2 Å². The number of fused-ring (bicyclic) bond motifs is 1. The Bertz CT molecular complexity index is 1490. The van der Waals surface area contributed by atoms with E-state index in [4.69, 9.17) is 19.7 Å². The van der Waals surface area contributed by atoms with Crippen molar-refractivity contribution in [2.75, 3.05) is 18.9 Å². The molecule has 2 fully saturated rings. The van der Waals surface area contributed by atoms with Crippen molar-refractivity contribution in [1.82, 2.24) is 34.2 Å². The fraction of sp³-hybridized carbons (Fsp3) is 0.550. The minimum Gasteiger partial charge on any atom is -0.394 e. The molecule has 38 heavy (non-hydrogen) atoms. The molecular formula is C20H27N8O9P. The van der Waals surface area contributed by atoms with Gasteiger partial charge in [0.15, 0.2) is 11.5 Å². The van der Waals surface area contributed by atoms with Gasteiger partial charge in [0.05, 0.1) is 37.8 Å². The Balaban J connectivity index is 1.22. The fourth-order valence-corrected chi connectivity index (χ4v) is 5.66. The number of imidazole rings is 1. The van der Waals surface area contributed by atoms with Gasteiger partial charge in [0, 0.05) is 24.6 Å². The Morgan fingerprint density at radius 2 is 1.95 bits per heavy atom. The molecule has 7 atom stereocenters. The number of hydrogen-bond acceptors (Lipinski definition) is 12. The van der Waals surface area contributed by atoms with Gasteiger partial charge >= 0.3 is 13.4 Å². The van der Waals surface area contributed by atoms with Crippen molar-refractivity contribution in [3.63, 3.8) is 0 Å². The molecule has 3 aromatic rings. The predicted octanol–water partition coefficient (Wildman–Crippen LogP) is -1.73. The summed E-state index contributed by atoms with van der Waals surface area (Å²) in [6.07, 6.45) is -0.355. The summed E-state index contributed by atoms with van der Waals surface area (Å²) in [5, 5.41) is 22.7. The standard InChI is InChI=1S/C20H27N8O9P/c1-9-4-27(20(32)25-19(9)31)15-3-11(30)13(37-15)6-35-38(33,34)26-10-2-14(36-12(10)5-29)28-8-24-16-17(21)22-7-23-18(16)28/h4,7-8,10-15,29-30H,2-3,5-6H2,1H3,(H2,21,22,23)(H,25,31,32)(H2,26,33,34)/t10-,11-,12+,13+,14+,15+/m0/s1. The lowest BCUT2D eigenvalue weighted by Crippen LogP contribution is -2.37. The van der Waals surface area contributed by atoms with Gasteiger partial charge in [-0.2, -0.15) is 0 Å². The summed E-state index contributed by atoms with van der Waals surface area (Å²) < 4.78 is 32.3. The quantitative estimate of drug-likeness (QED) is 0.170. The van der Waals surface area contributed by atoms with Crippen LogP contribution in [-0.4, -0.2) is 81.7 Å². The van der Waals surface area contributed by atoms with E-state index in [1.165, 1.54) is 25.8 Å². The van der Waals surface area contributed by atoms with Crippen LogP contribution in [0.3, 0.4) is 0 Å². The Morgan fingerprint density at radius 3 is 2.71 bits per heavy atom. The molecule has 0 spiro atoms. The number of nitrogen functional groups attached to an aromatic ring is 1. The molecule has 7 N–H and O–H groups in total. The number of aromatic amines is 1. The Kier molecular flexibility index (Phi) is 7.19. The van der Waals surface area contributed by atoms with Gasteiger partial charge in [-0.3, -0.25) is 23.4 Å². The van der Waals surface area contributed by atoms with E-state index in [0.717, 1.165) is 4.57 Å².